The Kier molecular flexibility index (Phi) is 5.74. The first-order chi connectivity index (χ1) is 10.5. The van der Waals surface area contributed by atoms with Crippen molar-refractivity contribution in [2.75, 3.05) is 12.4 Å². The zero-order valence-corrected chi connectivity index (χ0v) is 14.3. The normalized spacial score (nSPS) is 16.5. The highest BCUT2D eigenvalue weighted by molar-refractivity contribution is 8.03. The highest BCUT2D eigenvalue weighted by atomic mass is 32.2. The van der Waals surface area contributed by atoms with Crippen molar-refractivity contribution in [2.45, 2.75) is 33.6 Å². The first-order valence-electron chi connectivity index (χ1n) is 7.47. The molecule has 0 unspecified atom stereocenters. The van der Waals surface area contributed by atoms with Crippen LogP contribution in [0, 0.1) is 24.2 Å². The summed E-state index contributed by atoms with van der Waals surface area (Å²) in [5, 5.41) is 0. The highest BCUT2D eigenvalue weighted by Gasteiger charge is 2.27. The average molecular weight is 314 g/mol. The van der Waals surface area contributed by atoms with Gasteiger partial charge in [-0.25, -0.2) is 0 Å². The Morgan fingerprint density at radius 3 is 2.73 bits per heavy atom. The van der Waals surface area contributed by atoms with Crippen molar-refractivity contribution in [1.82, 2.24) is 0 Å². The van der Waals surface area contributed by atoms with Crippen molar-refractivity contribution in [1.29, 1.82) is 0 Å². The van der Waals surface area contributed by atoms with E-state index in [-0.39, 0.29) is 11.2 Å². The number of carbonyl (C=O) groups is 1. The second-order valence-corrected chi connectivity index (χ2v) is 7.39. The second-order valence-electron chi connectivity index (χ2n) is 6.29. The topological polar surface area (TPSA) is 26.3 Å². The van der Waals surface area contributed by atoms with Crippen molar-refractivity contribution in [2.24, 2.45) is 5.41 Å². The molecule has 3 heteroatoms. The first-order valence-corrected chi connectivity index (χ1v) is 8.45. The number of carbonyl (C=O) groups excluding carboxylic acids is 1. The van der Waals surface area contributed by atoms with Crippen LogP contribution in [0.2, 0.25) is 0 Å². The molecule has 1 aliphatic carbocycles. The summed E-state index contributed by atoms with van der Waals surface area (Å²) in [5.41, 5.74) is 1.20. The molecule has 116 valence electrons. The molecule has 2 nitrogen and oxygen atoms in total. The summed E-state index contributed by atoms with van der Waals surface area (Å²) in [6.45, 7) is 6.70. The Labute approximate surface area is 137 Å². The van der Waals surface area contributed by atoms with Gasteiger partial charge in [-0.15, -0.1) is 11.8 Å². The molecule has 1 aromatic rings. The van der Waals surface area contributed by atoms with E-state index in [0.29, 0.717) is 18.8 Å². The molecule has 0 saturated carbocycles. The van der Waals surface area contributed by atoms with Gasteiger partial charge in [0.15, 0.2) is 5.78 Å². The van der Waals surface area contributed by atoms with Crippen LogP contribution in [-0.4, -0.2) is 18.1 Å². The Bertz CT molecular complexity index is 632. The number of benzene rings is 1. The average Bonchev–Trinajstić information content (AvgIpc) is 2.42. The van der Waals surface area contributed by atoms with Gasteiger partial charge in [0.05, 0.1) is 5.75 Å². The molecule has 0 saturated heterocycles. The summed E-state index contributed by atoms with van der Waals surface area (Å²) < 4.78 is 5.63. The second kappa shape index (κ2) is 7.56. The maximum atomic E-state index is 11.7. The van der Waals surface area contributed by atoms with E-state index in [1.807, 2.05) is 31.2 Å². The minimum absolute atomic E-state index is 0.0789. The number of ether oxygens (including phenoxy) is 1. The van der Waals surface area contributed by atoms with E-state index in [0.717, 1.165) is 22.6 Å². The van der Waals surface area contributed by atoms with Gasteiger partial charge in [0.2, 0.25) is 0 Å². The van der Waals surface area contributed by atoms with Crippen molar-refractivity contribution < 1.29 is 9.53 Å². The third-order valence-electron chi connectivity index (χ3n) is 3.48. The molecule has 0 amide bonds. The van der Waals surface area contributed by atoms with Gasteiger partial charge >= 0.3 is 0 Å². The van der Waals surface area contributed by atoms with Crippen LogP contribution < -0.4 is 4.74 Å². The van der Waals surface area contributed by atoms with Gasteiger partial charge in [-0.3, -0.25) is 4.79 Å². The van der Waals surface area contributed by atoms with Crippen LogP contribution in [-0.2, 0) is 4.79 Å². The number of rotatable bonds is 4. The van der Waals surface area contributed by atoms with E-state index in [1.165, 1.54) is 0 Å². The van der Waals surface area contributed by atoms with Crippen LogP contribution in [0.25, 0.3) is 0 Å². The largest absolute Gasteiger partial charge is 0.481 e. The van der Waals surface area contributed by atoms with Crippen molar-refractivity contribution in [3.63, 3.8) is 0 Å². The number of allylic oxidation sites excluding steroid dienone is 2. The molecule has 0 radical (unpaired) electrons. The summed E-state index contributed by atoms with van der Waals surface area (Å²) in [6.07, 6.45) is 3.39. The number of hydrogen-bond donors (Lipinski definition) is 0. The number of hydrogen-bond acceptors (Lipinski definition) is 3. The molecule has 1 aliphatic rings. The van der Waals surface area contributed by atoms with Gasteiger partial charge in [0.1, 0.15) is 12.4 Å². The third kappa shape index (κ3) is 5.27. The highest BCUT2D eigenvalue weighted by Crippen LogP contribution is 2.38. The van der Waals surface area contributed by atoms with Crippen LogP contribution in [0.3, 0.4) is 0 Å². The summed E-state index contributed by atoms with van der Waals surface area (Å²) in [7, 11) is 0. The van der Waals surface area contributed by atoms with Gasteiger partial charge < -0.3 is 4.74 Å². The molecule has 0 bridgehead atoms. The molecule has 0 aliphatic heterocycles. The quantitative estimate of drug-likeness (QED) is 0.771. The molecule has 0 fully saturated rings. The lowest BCUT2D eigenvalue weighted by Gasteiger charge is -2.28. The van der Waals surface area contributed by atoms with Crippen LogP contribution in [0.4, 0.5) is 0 Å². The number of thioether (sulfide) groups is 1. The molecule has 22 heavy (non-hydrogen) atoms. The van der Waals surface area contributed by atoms with E-state index in [4.69, 9.17) is 4.74 Å². The SMILES string of the molecule is Cc1ccccc1OCC#CCSC1=CC(=O)CC(C)(C)C1. The van der Waals surface area contributed by atoms with Gasteiger partial charge in [-0.05, 0) is 41.4 Å². The smallest absolute Gasteiger partial charge is 0.157 e. The first kappa shape index (κ1) is 16.7. The molecule has 0 atom stereocenters. The van der Waals surface area contributed by atoms with Crippen LogP contribution in [0.5, 0.6) is 5.75 Å². The Morgan fingerprint density at radius 1 is 1.23 bits per heavy atom. The fraction of sp³-hybridized carbons (Fsp3) is 0.421. The molecule has 0 N–H and O–H groups in total. The van der Waals surface area contributed by atoms with Gasteiger partial charge in [-0.1, -0.05) is 43.9 Å². The lowest BCUT2D eigenvalue weighted by Crippen LogP contribution is -2.20. The van der Waals surface area contributed by atoms with Gasteiger partial charge in [0, 0.05) is 6.42 Å². The van der Waals surface area contributed by atoms with Crippen molar-refractivity contribution in [3.05, 3.63) is 40.8 Å². The Morgan fingerprint density at radius 2 is 2.00 bits per heavy atom. The molecule has 2 rings (SSSR count). The standard InChI is InChI=1S/C19H22O2S/c1-15-8-4-5-9-18(15)21-10-6-7-11-22-17-12-16(20)13-19(2,3)14-17/h4-5,8-9,12H,10-11,13-14H2,1-3H3. The zero-order valence-electron chi connectivity index (χ0n) is 13.4. The molecule has 1 aromatic carbocycles. The van der Waals surface area contributed by atoms with Gasteiger partial charge in [0.25, 0.3) is 0 Å². The van der Waals surface area contributed by atoms with Gasteiger partial charge in [-0.2, -0.15) is 0 Å². The fourth-order valence-corrected chi connectivity index (χ4v) is 3.51. The monoisotopic (exact) mass is 314 g/mol. The third-order valence-corrected chi connectivity index (χ3v) is 4.40. The van der Waals surface area contributed by atoms with E-state index in [1.54, 1.807) is 17.8 Å². The van der Waals surface area contributed by atoms with E-state index in [9.17, 15) is 4.79 Å². The minimum atomic E-state index is 0.0789. The predicted molar refractivity (Wildman–Crippen MR) is 93.0 cm³/mol. The molecule has 0 spiro atoms. The fourth-order valence-electron chi connectivity index (χ4n) is 2.44. The maximum Gasteiger partial charge on any atom is 0.157 e. The Hall–Kier alpha value is -1.66. The molecule has 0 heterocycles. The molecule has 0 aromatic heterocycles. The number of para-hydroxylation sites is 1. The number of aryl methyl sites for hydroxylation is 1. The van der Waals surface area contributed by atoms with Crippen molar-refractivity contribution in [3.8, 4) is 17.6 Å². The Balaban J connectivity index is 1.76. The van der Waals surface area contributed by atoms with Crippen LogP contribution >= 0.6 is 11.8 Å². The predicted octanol–water partition coefficient (Wildman–Crippen LogP) is 4.38. The zero-order chi connectivity index (χ0) is 16.0. The lowest BCUT2D eigenvalue weighted by atomic mass is 9.80. The van der Waals surface area contributed by atoms with Crippen molar-refractivity contribution >= 4 is 17.5 Å². The van der Waals surface area contributed by atoms with Crippen LogP contribution in [0.15, 0.2) is 35.2 Å². The summed E-state index contributed by atoms with van der Waals surface area (Å²) in [6, 6.07) is 7.92. The maximum absolute atomic E-state index is 11.7. The lowest BCUT2D eigenvalue weighted by molar-refractivity contribution is -0.116. The van der Waals surface area contributed by atoms with E-state index < -0.39 is 0 Å². The van der Waals surface area contributed by atoms with E-state index in [2.05, 4.69) is 25.7 Å². The summed E-state index contributed by atoms with van der Waals surface area (Å²) >= 11 is 1.66. The summed E-state index contributed by atoms with van der Waals surface area (Å²) in [4.78, 5) is 12.8. The summed E-state index contributed by atoms with van der Waals surface area (Å²) in [5.74, 6) is 7.94. The minimum Gasteiger partial charge on any atom is -0.481 e. The molecular formula is C19H22O2S. The number of ketones is 1. The molecular weight excluding hydrogens is 292 g/mol. The van der Waals surface area contributed by atoms with E-state index >= 15 is 0 Å². The van der Waals surface area contributed by atoms with Crippen LogP contribution in [0.1, 0.15) is 32.3 Å².